The smallest absolute Gasteiger partial charge is 0.359 e. The van der Waals surface area contributed by atoms with E-state index in [0.717, 1.165) is 32.3 Å². The molecule has 1 heterocycles. The van der Waals surface area contributed by atoms with E-state index in [0.29, 0.717) is 24.9 Å². The van der Waals surface area contributed by atoms with Gasteiger partial charge in [0.2, 0.25) is 0 Å². The van der Waals surface area contributed by atoms with Crippen LogP contribution < -0.4 is 0 Å². The molecule has 35 heavy (non-hydrogen) atoms. The van der Waals surface area contributed by atoms with Crippen LogP contribution in [0.4, 0.5) is 0 Å². The van der Waals surface area contributed by atoms with E-state index < -0.39 is 17.5 Å². The van der Waals surface area contributed by atoms with Crippen molar-refractivity contribution in [3.05, 3.63) is 17.7 Å². The maximum absolute atomic E-state index is 12.4. The second kappa shape index (κ2) is 13.4. The lowest BCUT2D eigenvalue weighted by Gasteiger charge is -2.34. The molecule has 1 unspecified atom stereocenters. The molecule has 0 aliphatic heterocycles. The fraction of sp³-hybridized carbons (Fsp3) is 0.815. The van der Waals surface area contributed by atoms with Gasteiger partial charge in [0.15, 0.2) is 18.2 Å². The Balaban J connectivity index is 1.67. The maximum Gasteiger partial charge on any atom is 0.359 e. The number of nitrogens with zero attached hydrogens (tertiary/aromatic N) is 1. The predicted molar refractivity (Wildman–Crippen MR) is 134 cm³/mol. The lowest BCUT2D eigenvalue weighted by atomic mass is 9.81. The van der Waals surface area contributed by atoms with Gasteiger partial charge in [0, 0.05) is 6.61 Å². The summed E-state index contributed by atoms with van der Waals surface area (Å²) < 4.78 is 22.5. The van der Waals surface area contributed by atoms with Crippen molar-refractivity contribution < 1.29 is 28.5 Å². The van der Waals surface area contributed by atoms with E-state index in [2.05, 4.69) is 37.7 Å². The van der Waals surface area contributed by atoms with Gasteiger partial charge in [0.25, 0.3) is 0 Å². The van der Waals surface area contributed by atoms with E-state index in [4.69, 9.17) is 18.9 Å². The van der Waals surface area contributed by atoms with Gasteiger partial charge in [-0.05, 0) is 76.5 Å². The van der Waals surface area contributed by atoms with Crippen LogP contribution >= 0.6 is 0 Å². The number of nitrogens with one attached hydrogen (secondary N) is 1. The minimum absolute atomic E-state index is 0.0256. The second-order valence-electron chi connectivity index (χ2n) is 11.2. The molecular formula is C27H46N2O6. The molecule has 0 amide bonds. The summed E-state index contributed by atoms with van der Waals surface area (Å²) in [7, 11) is 0. The Morgan fingerprint density at radius 1 is 1.06 bits per heavy atom. The number of ether oxygens (including phenoxy) is 4. The van der Waals surface area contributed by atoms with Gasteiger partial charge in [-0.2, -0.15) is 0 Å². The highest BCUT2D eigenvalue weighted by molar-refractivity contribution is 6.00. The molecule has 1 saturated carbocycles. The summed E-state index contributed by atoms with van der Waals surface area (Å²) in [5.74, 6) is -0.298. The monoisotopic (exact) mass is 494 g/mol. The van der Waals surface area contributed by atoms with Gasteiger partial charge in [-0.15, -0.1) is 0 Å². The summed E-state index contributed by atoms with van der Waals surface area (Å²) in [6, 6.07) is 0. The molecule has 0 spiro atoms. The zero-order valence-corrected chi connectivity index (χ0v) is 22.8. The van der Waals surface area contributed by atoms with E-state index in [1.165, 1.54) is 19.2 Å². The summed E-state index contributed by atoms with van der Waals surface area (Å²) >= 11 is 0. The number of aromatic amines is 1. The topological polar surface area (TPSA) is 99.7 Å². The van der Waals surface area contributed by atoms with Crippen LogP contribution in [0.15, 0.2) is 6.33 Å². The van der Waals surface area contributed by atoms with Gasteiger partial charge < -0.3 is 23.9 Å². The molecule has 1 fully saturated rings. The first-order chi connectivity index (χ1) is 16.5. The summed E-state index contributed by atoms with van der Waals surface area (Å²) in [5, 5.41) is 0. The van der Waals surface area contributed by atoms with Crippen LogP contribution in [-0.4, -0.2) is 53.6 Å². The quantitative estimate of drug-likeness (QED) is 0.194. The fourth-order valence-corrected chi connectivity index (χ4v) is 4.28. The third-order valence-electron chi connectivity index (χ3n) is 7.43. The summed E-state index contributed by atoms with van der Waals surface area (Å²) in [6.45, 7) is 15.7. The Labute approximate surface area is 210 Å². The van der Waals surface area contributed by atoms with Gasteiger partial charge in [-0.25, -0.2) is 14.6 Å². The Kier molecular flexibility index (Phi) is 11.2. The van der Waals surface area contributed by atoms with E-state index in [1.807, 2.05) is 6.92 Å². The van der Waals surface area contributed by atoms with Crippen LogP contribution in [0.3, 0.4) is 0 Å². The molecule has 200 valence electrons. The van der Waals surface area contributed by atoms with Crippen molar-refractivity contribution in [2.24, 2.45) is 17.3 Å². The summed E-state index contributed by atoms with van der Waals surface area (Å²) in [5.41, 5.74) is -0.539. The number of H-pyrrole nitrogens is 1. The Hall–Kier alpha value is -1.93. The van der Waals surface area contributed by atoms with Crippen molar-refractivity contribution in [1.82, 2.24) is 9.97 Å². The molecule has 1 N–H and O–H groups in total. The number of hydrogen-bond acceptors (Lipinski definition) is 7. The van der Waals surface area contributed by atoms with Gasteiger partial charge >= 0.3 is 11.9 Å². The normalized spacial score (nSPS) is 19.9. The molecule has 1 atom stereocenters. The first-order valence-electron chi connectivity index (χ1n) is 13.1. The highest BCUT2D eigenvalue weighted by atomic mass is 16.7. The van der Waals surface area contributed by atoms with Gasteiger partial charge in [0.05, 0.1) is 19.0 Å². The number of rotatable bonds is 14. The standard InChI is InChI=1S/C27H46N2O6/c1-8-14-26(4,5)19(3)33-16-21-12-10-20(11-13-21)15-32-18-34-24(30)22-23(29-17-28-22)25(31)35-27(6,7)9-2/h17,19-21H,8-16,18H2,1-7H3,(H,28,29). The summed E-state index contributed by atoms with van der Waals surface area (Å²) in [6.07, 6.45) is 8.94. The van der Waals surface area contributed by atoms with Crippen LogP contribution in [-0.2, 0) is 18.9 Å². The first-order valence-corrected chi connectivity index (χ1v) is 13.1. The first kappa shape index (κ1) is 29.3. The van der Waals surface area contributed by atoms with Crippen LogP contribution in [0, 0.1) is 17.3 Å². The van der Waals surface area contributed by atoms with Crippen molar-refractivity contribution in [3.63, 3.8) is 0 Å². The molecule has 0 aromatic carbocycles. The van der Waals surface area contributed by atoms with E-state index in [1.54, 1.807) is 13.8 Å². The van der Waals surface area contributed by atoms with Gasteiger partial charge in [0.1, 0.15) is 5.60 Å². The minimum Gasteiger partial charge on any atom is -0.455 e. The number of hydrogen-bond donors (Lipinski definition) is 1. The second-order valence-corrected chi connectivity index (χ2v) is 11.2. The average molecular weight is 495 g/mol. The van der Waals surface area contributed by atoms with Crippen LogP contribution in [0.25, 0.3) is 0 Å². The highest BCUT2D eigenvalue weighted by Crippen LogP contribution is 2.32. The number of carbonyl (C=O) groups is 2. The molecule has 1 aromatic rings. The molecule has 0 saturated heterocycles. The Morgan fingerprint density at radius 2 is 1.69 bits per heavy atom. The van der Waals surface area contributed by atoms with E-state index >= 15 is 0 Å². The molecular weight excluding hydrogens is 448 g/mol. The van der Waals surface area contributed by atoms with Crippen LogP contribution in [0.2, 0.25) is 0 Å². The molecule has 8 nitrogen and oxygen atoms in total. The van der Waals surface area contributed by atoms with Crippen molar-refractivity contribution >= 4 is 11.9 Å². The minimum atomic E-state index is -0.690. The largest absolute Gasteiger partial charge is 0.455 e. The number of esters is 2. The average Bonchev–Trinajstić information content (AvgIpc) is 3.31. The third-order valence-corrected chi connectivity index (χ3v) is 7.43. The fourth-order valence-electron chi connectivity index (χ4n) is 4.28. The van der Waals surface area contributed by atoms with Crippen molar-refractivity contribution in [2.75, 3.05) is 20.0 Å². The molecule has 0 radical (unpaired) electrons. The number of imidazole rings is 1. The van der Waals surface area contributed by atoms with Crippen molar-refractivity contribution in [1.29, 1.82) is 0 Å². The highest BCUT2D eigenvalue weighted by Gasteiger charge is 2.29. The Morgan fingerprint density at radius 3 is 2.29 bits per heavy atom. The van der Waals surface area contributed by atoms with Crippen LogP contribution in [0.1, 0.15) is 114 Å². The van der Waals surface area contributed by atoms with Crippen molar-refractivity contribution in [3.8, 4) is 0 Å². The summed E-state index contributed by atoms with van der Waals surface area (Å²) in [4.78, 5) is 31.4. The lowest BCUT2D eigenvalue weighted by molar-refractivity contribution is -0.0554. The molecule has 8 heteroatoms. The molecule has 1 aromatic heterocycles. The van der Waals surface area contributed by atoms with Gasteiger partial charge in [-0.3, -0.25) is 0 Å². The van der Waals surface area contributed by atoms with E-state index in [9.17, 15) is 9.59 Å². The van der Waals surface area contributed by atoms with Gasteiger partial charge in [-0.1, -0.05) is 34.1 Å². The number of carbonyl (C=O) groups excluding carboxylic acids is 2. The third kappa shape index (κ3) is 9.22. The maximum atomic E-state index is 12.4. The molecule has 2 rings (SSSR count). The van der Waals surface area contributed by atoms with Crippen LogP contribution in [0.5, 0.6) is 0 Å². The predicted octanol–water partition coefficient (Wildman–Crippen LogP) is 5.92. The lowest BCUT2D eigenvalue weighted by Crippen LogP contribution is -2.32. The zero-order valence-electron chi connectivity index (χ0n) is 22.8. The molecule has 1 aliphatic rings. The Bertz CT molecular complexity index is 795. The molecule has 1 aliphatic carbocycles. The van der Waals surface area contributed by atoms with E-state index in [-0.39, 0.29) is 29.7 Å². The SMILES string of the molecule is CCCC(C)(C)C(C)OCC1CCC(COCOC(=O)c2[nH]cnc2C(=O)OC(C)(C)CC)CC1. The van der Waals surface area contributed by atoms with Crippen molar-refractivity contribution in [2.45, 2.75) is 105 Å². The zero-order chi connectivity index (χ0) is 26.1. The molecule has 0 bridgehead atoms. The number of aromatic nitrogens is 2.